The van der Waals surface area contributed by atoms with E-state index in [1.54, 1.807) is 18.7 Å². The van der Waals surface area contributed by atoms with Crippen LogP contribution < -0.4 is 4.90 Å². The van der Waals surface area contributed by atoms with Crippen LogP contribution in [0.4, 0.5) is 5.82 Å². The van der Waals surface area contributed by atoms with E-state index in [9.17, 15) is 4.79 Å². The van der Waals surface area contributed by atoms with Crippen LogP contribution in [0.2, 0.25) is 0 Å². The van der Waals surface area contributed by atoms with Crippen LogP contribution in [0.15, 0.2) is 29.2 Å². The van der Waals surface area contributed by atoms with Crippen LogP contribution in [-0.2, 0) is 18.4 Å². The van der Waals surface area contributed by atoms with Crippen molar-refractivity contribution in [1.82, 2.24) is 24.4 Å². The van der Waals surface area contributed by atoms with Gasteiger partial charge in [0.25, 0.3) is 5.91 Å². The average molecular weight is 410 g/mol. The predicted molar refractivity (Wildman–Crippen MR) is 110 cm³/mol. The van der Waals surface area contributed by atoms with Gasteiger partial charge in [0.1, 0.15) is 18.7 Å². The van der Waals surface area contributed by atoms with Crippen molar-refractivity contribution in [3.8, 4) is 0 Å². The largest absolute Gasteiger partial charge is 0.453 e. The standard InChI is InChI=1S/C21H26N6O3/c1-13(2)29-10-16-4-5-17(30-16)21(28)27-8-14-6-26(7-15(14)9-27)20-18-19(22-11-23-20)25(3)12-24-18/h4-5,11-15H,6-10H2,1-3H3. The first kappa shape index (κ1) is 19.0. The molecule has 5 heterocycles. The monoisotopic (exact) mass is 410 g/mol. The van der Waals surface area contributed by atoms with Crippen molar-refractivity contribution in [2.24, 2.45) is 18.9 Å². The molecule has 9 heteroatoms. The van der Waals surface area contributed by atoms with Gasteiger partial charge in [-0.1, -0.05) is 0 Å². The second-order valence-electron chi connectivity index (χ2n) is 8.49. The number of anilines is 1. The number of carbonyl (C=O) groups excluding carboxylic acids is 1. The molecule has 3 aromatic rings. The van der Waals surface area contributed by atoms with Crippen molar-refractivity contribution in [1.29, 1.82) is 0 Å². The normalized spacial score (nSPS) is 21.2. The number of hydrogen-bond donors (Lipinski definition) is 0. The molecule has 2 saturated heterocycles. The van der Waals surface area contributed by atoms with Gasteiger partial charge in [-0.3, -0.25) is 4.79 Å². The number of imidazole rings is 1. The molecule has 0 aromatic carbocycles. The second-order valence-corrected chi connectivity index (χ2v) is 8.49. The quantitative estimate of drug-likeness (QED) is 0.636. The minimum atomic E-state index is -0.0408. The van der Waals surface area contributed by atoms with Gasteiger partial charge in [-0.15, -0.1) is 0 Å². The number of rotatable bonds is 5. The molecular formula is C21H26N6O3. The summed E-state index contributed by atoms with van der Waals surface area (Å²) in [5.41, 5.74) is 1.67. The lowest BCUT2D eigenvalue weighted by Gasteiger charge is -2.22. The van der Waals surface area contributed by atoms with E-state index < -0.39 is 0 Å². The number of carbonyl (C=O) groups is 1. The van der Waals surface area contributed by atoms with Gasteiger partial charge in [0.15, 0.2) is 22.7 Å². The lowest BCUT2D eigenvalue weighted by molar-refractivity contribution is 0.0525. The van der Waals surface area contributed by atoms with Crippen molar-refractivity contribution in [3.05, 3.63) is 36.3 Å². The summed E-state index contributed by atoms with van der Waals surface area (Å²) in [5, 5.41) is 0. The molecule has 0 radical (unpaired) electrons. The van der Waals surface area contributed by atoms with Crippen LogP contribution in [-0.4, -0.2) is 62.6 Å². The van der Waals surface area contributed by atoms with E-state index in [0.717, 1.165) is 43.2 Å². The predicted octanol–water partition coefficient (Wildman–Crippen LogP) is 2.09. The molecule has 5 rings (SSSR count). The zero-order valence-electron chi connectivity index (χ0n) is 17.5. The molecule has 9 nitrogen and oxygen atoms in total. The van der Waals surface area contributed by atoms with Crippen LogP contribution in [0.25, 0.3) is 11.2 Å². The van der Waals surface area contributed by atoms with Gasteiger partial charge in [0.05, 0.1) is 12.4 Å². The fourth-order valence-corrected chi connectivity index (χ4v) is 4.47. The lowest BCUT2D eigenvalue weighted by atomic mass is 10.0. The fourth-order valence-electron chi connectivity index (χ4n) is 4.47. The van der Waals surface area contributed by atoms with Gasteiger partial charge in [0.2, 0.25) is 0 Å². The molecule has 0 saturated carbocycles. The van der Waals surface area contributed by atoms with E-state index >= 15 is 0 Å². The summed E-state index contributed by atoms with van der Waals surface area (Å²) in [4.78, 5) is 30.4. The highest BCUT2D eigenvalue weighted by Gasteiger charge is 2.43. The number of nitrogens with zero attached hydrogens (tertiary/aromatic N) is 6. The summed E-state index contributed by atoms with van der Waals surface area (Å²) in [6.45, 7) is 7.52. The molecule has 158 valence electrons. The molecule has 2 fully saturated rings. The van der Waals surface area contributed by atoms with Crippen molar-refractivity contribution in [3.63, 3.8) is 0 Å². The van der Waals surface area contributed by atoms with Gasteiger partial charge >= 0.3 is 0 Å². The Morgan fingerprint density at radius 2 is 1.93 bits per heavy atom. The smallest absolute Gasteiger partial charge is 0.289 e. The van der Waals surface area contributed by atoms with Crippen LogP contribution in [0.1, 0.15) is 30.2 Å². The SMILES string of the molecule is CC(C)OCc1ccc(C(=O)N2CC3CN(c4ncnc5c4ncn5C)CC3C2)o1. The highest BCUT2D eigenvalue weighted by atomic mass is 16.5. The van der Waals surface area contributed by atoms with Crippen LogP contribution in [0, 0.1) is 11.8 Å². The number of furan rings is 1. The third kappa shape index (κ3) is 3.32. The highest BCUT2D eigenvalue weighted by molar-refractivity contribution is 5.92. The summed E-state index contributed by atoms with van der Waals surface area (Å²) in [6.07, 6.45) is 3.49. The molecule has 2 unspecified atom stereocenters. The molecule has 0 aliphatic carbocycles. The van der Waals surface area contributed by atoms with Gasteiger partial charge in [-0.25, -0.2) is 15.0 Å². The van der Waals surface area contributed by atoms with Crippen LogP contribution >= 0.6 is 0 Å². The third-order valence-electron chi connectivity index (χ3n) is 5.98. The Labute approximate surface area is 174 Å². The van der Waals surface area contributed by atoms with Crippen molar-refractivity contribution in [2.75, 3.05) is 31.1 Å². The van der Waals surface area contributed by atoms with Gasteiger partial charge in [0, 0.05) is 45.1 Å². The first-order chi connectivity index (χ1) is 14.5. The Hall–Kier alpha value is -2.94. The molecule has 2 aliphatic rings. The Morgan fingerprint density at radius 3 is 2.67 bits per heavy atom. The molecule has 0 spiro atoms. The molecule has 30 heavy (non-hydrogen) atoms. The zero-order chi connectivity index (χ0) is 20.8. The van der Waals surface area contributed by atoms with E-state index in [4.69, 9.17) is 9.15 Å². The zero-order valence-corrected chi connectivity index (χ0v) is 17.5. The van der Waals surface area contributed by atoms with Crippen LogP contribution in [0.5, 0.6) is 0 Å². The molecular weight excluding hydrogens is 384 g/mol. The first-order valence-electron chi connectivity index (χ1n) is 10.4. The van der Waals surface area contributed by atoms with E-state index in [0.29, 0.717) is 30.0 Å². The number of likely N-dealkylation sites (tertiary alicyclic amines) is 1. The molecule has 2 atom stereocenters. The number of fused-ring (bicyclic) bond motifs is 2. The minimum Gasteiger partial charge on any atom is -0.453 e. The maximum atomic E-state index is 12.9. The summed E-state index contributed by atoms with van der Waals surface area (Å²) in [5.74, 6) is 2.75. The molecule has 0 bridgehead atoms. The van der Waals surface area contributed by atoms with Crippen molar-refractivity contribution in [2.45, 2.75) is 26.6 Å². The number of ether oxygens (including phenoxy) is 1. The van der Waals surface area contributed by atoms with E-state index in [2.05, 4.69) is 19.9 Å². The number of amides is 1. The third-order valence-corrected chi connectivity index (χ3v) is 5.98. The Kier molecular flexibility index (Phi) is 4.69. The minimum absolute atomic E-state index is 0.0408. The number of aromatic nitrogens is 4. The van der Waals surface area contributed by atoms with Crippen LogP contribution in [0.3, 0.4) is 0 Å². The number of aryl methyl sites for hydroxylation is 1. The summed E-state index contributed by atoms with van der Waals surface area (Å²) in [6, 6.07) is 3.57. The van der Waals surface area contributed by atoms with Gasteiger partial charge in [-0.2, -0.15) is 0 Å². The molecule has 3 aromatic heterocycles. The van der Waals surface area contributed by atoms with E-state index in [-0.39, 0.29) is 12.0 Å². The Morgan fingerprint density at radius 1 is 1.17 bits per heavy atom. The Bertz CT molecular complexity index is 1060. The van der Waals surface area contributed by atoms with Crippen molar-refractivity contribution >= 4 is 22.9 Å². The number of hydrogen-bond acceptors (Lipinski definition) is 7. The van der Waals surface area contributed by atoms with E-state index in [1.165, 1.54) is 0 Å². The maximum Gasteiger partial charge on any atom is 0.289 e. The first-order valence-corrected chi connectivity index (χ1v) is 10.4. The van der Waals surface area contributed by atoms with Gasteiger partial charge < -0.3 is 23.5 Å². The molecule has 2 aliphatic heterocycles. The maximum absolute atomic E-state index is 12.9. The van der Waals surface area contributed by atoms with Gasteiger partial charge in [-0.05, 0) is 26.0 Å². The summed E-state index contributed by atoms with van der Waals surface area (Å²) in [7, 11) is 1.93. The summed E-state index contributed by atoms with van der Waals surface area (Å²) < 4.78 is 13.2. The Balaban J connectivity index is 1.24. The fraction of sp³-hybridized carbons (Fsp3) is 0.524. The summed E-state index contributed by atoms with van der Waals surface area (Å²) >= 11 is 0. The average Bonchev–Trinajstić information content (AvgIpc) is 3.49. The van der Waals surface area contributed by atoms with Crippen molar-refractivity contribution < 1.29 is 13.9 Å². The molecule has 0 N–H and O–H groups in total. The second kappa shape index (κ2) is 7.39. The molecule has 1 amide bonds. The topological polar surface area (TPSA) is 89.5 Å². The lowest BCUT2D eigenvalue weighted by Crippen LogP contribution is -2.33. The van der Waals surface area contributed by atoms with E-state index in [1.807, 2.05) is 36.4 Å². The highest BCUT2D eigenvalue weighted by Crippen LogP contribution is 2.35.